The van der Waals surface area contributed by atoms with Gasteiger partial charge in [0.1, 0.15) is 11.8 Å². The van der Waals surface area contributed by atoms with Crippen molar-refractivity contribution in [2.45, 2.75) is 6.92 Å². The van der Waals surface area contributed by atoms with E-state index < -0.39 is 0 Å². The van der Waals surface area contributed by atoms with Crippen LogP contribution in [0.1, 0.15) is 6.92 Å². The first-order valence-corrected chi connectivity index (χ1v) is 5.15. The van der Waals surface area contributed by atoms with Crippen LogP contribution < -0.4 is 9.64 Å². The predicted molar refractivity (Wildman–Crippen MR) is 58.9 cm³/mol. The summed E-state index contributed by atoms with van der Waals surface area (Å²) < 4.78 is 5.38. The van der Waals surface area contributed by atoms with Crippen molar-refractivity contribution < 1.29 is 4.74 Å². The van der Waals surface area contributed by atoms with Crippen LogP contribution in [0.15, 0.2) is 24.3 Å². The normalized spacial score (nSPS) is 15.6. The van der Waals surface area contributed by atoms with E-state index in [4.69, 9.17) is 10.00 Å². The average Bonchev–Trinajstić information content (AvgIpc) is 2.23. The number of para-hydroxylation sites is 2. The van der Waals surface area contributed by atoms with Gasteiger partial charge in [-0.3, -0.25) is 0 Å². The molecular weight excluding hydrogens is 188 g/mol. The Labute approximate surface area is 89.9 Å². The molecule has 0 N–H and O–H groups in total. The molecular formula is C12H14N2O. The molecule has 0 saturated carbocycles. The zero-order valence-electron chi connectivity index (χ0n) is 8.81. The zero-order chi connectivity index (χ0) is 10.7. The minimum absolute atomic E-state index is 0.112. The van der Waals surface area contributed by atoms with Crippen molar-refractivity contribution in [1.82, 2.24) is 0 Å². The summed E-state index contributed by atoms with van der Waals surface area (Å²) in [5, 5.41) is 8.48. The summed E-state index contributed by atoms with van der Waals surface area (Å²) in [5.74, 6) is 1.57. The van der Waals surface area contributed by atoms with Gasteiger partial charge in [-0.15, -0.1) is 0 Å². The molecule has 1 fully saturated rings. The van der Waals surface area contributed by atoms with Crippen molar-refractivity contribution >= 4 is 5.69 Å². The molecule has 3 heteroatoms. The minimum Gasteiger partial charge on any atom is -0.477 e. The molecule has 0 aliphatic carbocycles. The summed E-state index contributed by atoms with van der Waals surface area (Å²) >= 11 is 0. The van der Waals surface area contributed by atoms with E-state index in [9.17, 15) is 0 Å². The van der Waals surface area contributed by atoms with E-state index in [1.807, 2.05) is 30.3 Å². The molecule has 2 rings (SSSR count). The molecule has 3 nitrogen and oxygen atoms in total. The van der Waals surface area contributed by atoms with Crippen molar-refractivity contribution in [3.05, 3.63) is 24.3 Å². The van der Waals surface area contributed by atoms with Gasteiger partial charge in [0.2, 0.25) is 0 Å². The largest absolute Gasteiger partial charge is 0.477 e. The second kappa shape index (κ2) is 4.22. The maximum atomic E-state index is 8.48. The highest BCUT2D eigenvalue weighted by Gasteiger charge is 2.24. The van der Waals surface area contributed by atoms with E-state index in [-0.39, 0.29) is 6.61 Å². The maximum Gasteiger partial charge on any atom is 0.174 e. The van der Waals surface area contributed by atoms with Crippen molar-refractivity contribution in [2.75, 3.05) is 24.6 Å². The molecule has 1 aromatic carbocycles. The number of ether oxygens (including phenoxy) is 1. The summed E-state index contributed by atoms with van der Waals surface area (Å²) in [4.78, 5) is 2.28. The molecule has 1 saturated heterocycles. The highest BCUT2D eigenvalue weighted by molar-refractivity contribution is 5.60. The molecule has 0 aromatic heterocycles. The highest BCUT2D eigenvalue weighted by Crippen LogP contribution is 2.32. The molecule has 78 valence electrons. The van der Waals surface area contributed by atoms with Gasteiger partial charge in [-0.25, -0.2) is 0 Å². The zero-order valence-corrected chi connectivity index (χ0v) is 8.81. The Morgan fingerprint density at radius 2 is 2.20 bits per heavy atom. The molecule has 0 amide bonds. The van der Waals surface area contributed by atoms with Crippen molar-refractivity contribution in [1.29, 1.82) is 5.26 Å². The summed E-state index contributed by atoms with van der Waals surface area (Å²) in [6, 6.07) is 9.87. The molecule has 0 bridgehead atoms. The minimum atomic E-state index is 0.112. The van der Waals surface area contributed by atoms with Crippen LogP contribution in [-0.4, -0.2) is 19.7 Å². The van der Waals surface area contributed by atoms with E-state index in [0.29, 0.717) is 0 Å². The van der Waals surface area contributed by atoms with Gasteiger partial charge in [0.25, 0.3) is 0 Å². The van der Waals surface area contributed by atoms with Crippen LogP contribution in [0.3, 0.4) is 0 Å². The lowest BCUT2D eigenvalue weighted by atomic mass is 10.0. The third-order valence-electron chi connectivity index (χ3n) is 2.56. The quantitative estimate of drug-likeness (QED) is 0.752. The smallest absolute Gasteiger partial charge is 0.174 e. The van der Waals surface area contributed by atoms with Gasteiger partial charge < -0.3 is 9.64 Å². The number of nitriles is 1. The van der Waals surface area contributed by atoms with Crippen LogP contribution >= 0.6 is 0 Å². The van der Waals surface area contributed by atoms with Gasteiger partial charge in [-0.1, -0.05) is 19.1 Å². The summed E-state index contributed by atoms with van der Waals surface area (Å²) in [6.07, 6.45) is 0. The van der Waals surface area contributed by atoms with E-state index in [0.717, 1.165) is 30.4 Å². The Hall–Kier alpha value is -1.69. The molecule has 1 aliphatic rings. The Morgan fingerprint density at radius 3 is 2.87 bits per heavy atom. The van der Waals surface area contributed by atoms with Gasteiger partial charge in [-0.2, -0.15) is 5.26 Å². The Morgan fingerprint density at radius 1 is 1.47 bits per heavy atom. The maximum absolute atomic E-state index is 8.48. The fourth-order valence-corrected chi connectivity index (χ4v) is 1.85. The molecule has 1 aromatic rings. The Balaban J connectivity index is 2.12. The number of hydrogen-bond donors (Lipinski definition) is 0. The third-order valence-corrected chi connectivity index (χ3v) is 2.56. The van der Waals surface area contributed by atoms with Crippen LogP contribution in [0.4, 0.5) is 5.69 Å². The van der Waals surface area contributed by atoms with E-state index in [1.165, 1.54) is 0 Å². The van der Waals surface area contributed by atoms with E-state index >= 15 is 0 Å². The number of hydrogen-bond acceptors (Lipinski definition) is 3. The first-order chi connectivity index (χ1) is 7.31. The summed E-state index contributed by atoms with van der Waals surface area (Å²) in [6.45, 7) is 4.50. The third kappa shape index (κ3) is 2.04. The Bertz CT molecular complexity index is 377. The summed E-state index contributed by atoms with van der Waals surface area (Å²) in [7, 11) is 0. The van der Waals surface area contributed by atoms with E-state index in [1.54, 1.807) is 0 Å². The monoisotopic (exact) mass is 202 g/mol. The van der Waals surface area contributed by atoms with Crippen molar-refractivity contribution in [2.24, 2.45) is 5.92 Å². The lowest BCUT2D eigenvalue weighted by Gasteiger charge is -2.39. The van der Waals surface area contributed by atoms with Crippen LogP contribution in [0.2, 0.25) is 0 Å². The van der Waals surface area contributed by atoms with Gasteiger partial charge in [0.05, 0.1) is 5.69 Å². The lowest BCUT2D eigenvalue weighted by molar-refractivity contribution is 0.361. The topological polar surface area (TPSA) is 36.3 Å². The van der Waals surface area contributed by atoms with Gasteiger partial charge in [0.15, 0.2) is 6.61 Å². The number of anilines is 1. The number of nitrogens with zero attached hydrogens (tertiary/aromatic N) is 2. The average molecular weight is 202 g/mol. The molecule has 0 unspecified atom stereocenters. The molecule has 15 heavy (non-hydrogen) atoms. The molecule has 1 aliphatic heterocycles. The van der Waals surface area contributed by atoms with Crippen LogP contribution in [-0.2, 0) is 0 Å². The molecule has 0 spiro atoms. The standard InChI is InChI=1S/C12H14N2O/c1-10-8-14(9-10)11-4-2-3-5-12(11)15-7-6-13/h2-5,10H,7-9H2,1H3. The highest BCUT2D eigenvalue weighted by atomic mass is 16.5. The lowest BCUT2D eigenvalue weighted by Crippen LogP contribution is -2.45. The van der Waals surface area contributed by atoms with E-state index in [2.05, 4.69) is 11.8 Å². The van der Waals surface area contributed by atoms with Crippen LogP contribution in [0.25, 0.3) is 0 Å². The van der Waals surface area contributed by atoms with Gasteiger partial charge in [-0.05, 0) is 18.1 Å². The predicted octanol–water partition coefficient (Wildman–Crippen LogP) is 2.05. The second-order valence-corrected chi connectivity index (χ2v) is 3.92. The number of benzene rings is 1. The van der Waals surface area contributed by atoms with Crippen LogP contribution in [0.5, 0.6) is 5.75 Å². The van der Waals surface area contributed by atoms with Crippen molar-refractivity contribution in [3.8, 4) is 11.8 Å². The summed E-state index contributed by atoms with van der Waals surface area (Å²) in [5.41, 5.74) is 1.10. The SMILES string of the molecule is CC1CN(c2ccccc2OCC#N)C1. The van der Waals surface area contributed by atoms with Crippen molar-refractivity contribution in [3.63, 3.8) is 0 Å². The van der Waals surface area contributed by atoms with Gasteiger partial charge in [0, 0.05) is 13.1 Å². The first kappa shape index (κ1) is 9.85. The first-order valence-electron chi connectivity index (χ1n) is 5.15. The molecule has 0 radical (unpaired) electrons. The second-order valence-electron chi connectivity index (χ2n) is 3.92. The van der Waals surface area contributed by atoms with Gasteiger partial charge >= 0.3 is 0 Å². The molecule has 1 heterocycles. The fraction of sp³-hybridized carbons (Fsp3) is 0.417. The Kier molecular flexibility index (Phi) is 2.77. The molecule has 0 atom stereocenters. The van der Waals surface area contributed by atoms with Crippen LogP contribution in [0, 0.1) is 17.2 Å². The fourth-order valence-electron chi connectivity index (χ4n) is 1.85. The number of rotatable bonds is 3.